The lowest BCUT2D eigenvalue weighted by Gasteiger charge is -2.15. The van der Waals surface area contributed by atoms with E-state index in [-0.39, 0.29) is 18.9 Å². The third-order valence-electron chi connectivity index (χ3n) is 5.35. The van der Waals surface area contributed by atoms with Crippen molar-refractivity contribution >= 4 is 62.0 Å². The highest BCUT2D eigenvalue weighted by Gasteiger charge is 2.13. The highest BCUT2D eigenvalue weighted by Crippen LogP contribution is 2.37. The van der Waals surface area contributed by atoms with Crippen molar-refractivity contribution in [2.75, 3.05) is 6.61 Å². The highest BCUT2D eigenvalue weighted by molar-refractivity contribution is 9.10. The molecule has 1 amide bonds. The fraction of sp³-hybridized carbons (Fsp3) is 0.143. The van der Waals surface area contributed by atoms with Crippen LogP contribution in [0.5, 0.6) is 11.5 Å². The number of rotatable bonds is 9. The van der Waals surface area contributed by atoms with Gasteiger partial charge >= 0.3 is 0 Å². The molecule has 8 heteroatoms. The van der Waals surface area contributed by atoms with Crippen molar-refractivity contribution in [1.29, 1.82) is 0 Å². The van der Waals surface area contributed by atoms with E-state index in [1.165, 1.54) is 0 Å². The van der Waals surface area contributed by atoms with E-state index in [9.17, 15) is 4.79 Å². The van der Waals surface area contributed by atoms with Crippen LogP contribution in [-0.4, -0.2) is 18.7 Å². The average Bonchev–Trinajstić information content (AvgIpc) is 2.85. The molecule has 5 nitrogen and oxygen atoms in total. The Morgan fingerprint density at radius 1 is 1.00 bits per heavy atom. The summed E-state index contributed by atoms with van der Waals surface area (Å²) in [6.45, 7) is 2.58. The maximum atomic E-state index is 12.5. The molecule has 4 rings (SSSR count). The molecule has 0 saturated carbocycles. The summed E-state index contributed by atoms with van der Waals surface area (Å²) < 4.78 is 12.5. The second-order valence-corrected chi connectivity index (χ2v) is 9.59. The van der Waals surface area contributed by atoms with Crippen LogP contribution in [0.3, 0.4) is 0 Å². The van der Waals surface area contributed by atoms with E-state index >= 15 is 0 Å². The number of ether oxygens (including phenoxy) is 2. The molecule has 184 valence electrons. The molecule has 0 saturated heterocycles. The standard InChI is InChI=1S/C28H23BrCl2N2O3/c1-2-35-26-13-18(12-24(29)28(26)36-17-21-10-11-22(30)15-25(21)31)16-32-33-27(34)14-20-8-5-7-19-6-3-4-9-23(19)20/h3-13,15-16H,2,14,17H2,1H3,(H,33,34)/b32-16-. The van der Waals surface area contributed by atoms with Gasteiger partial charge in [-0.2, -0.15) is 5.10 Å². The molecular weight excluding hydrogens is 563 g/mol. The van der Waals surface area contributed by atoms with Crippen LogP contribution in [-0.2, 0) is 17.8 Å². The van der Waals surface area contributed by atoms with Crippen molar-refractivity contribution < 1.29 is 14.3 Å². The van der Waals surface area contributed by atoms with Crippen molar-refractivity contribution in [3.05, 3.63) is 104 Å². The minimum atomic E-state index is -0.202. The Kier molecular flexibility index (Phi) is 8.86. The molecule has 0 radical (unpaired) electrons. The summed E-state index contributed by atoms with van der Waals surface area (Å²) in [7, 11) is 0. The van der Waals surface area contributed by atoms with Crippen molar-refractivity contribution in [2.45, 2.75) is 20.0 Å². The molecule has 0 atom stereocenters. The molecule has 0 aromatic heterocycles. The molecule has 0 heterocycles. The molecule has 4 aromatic carbocycles. The van der Waals surface area contributed by atoms with Gasteiger partial charge in [-0.05, 0) is 69.0 Å². The molecular formula is C28H23BrCl2N2O3. The van der Waals surface area contributed by atoms with Crippen LogP contribution in [0, 0.1) is 0 Å². The molecule has 0 bridgehead atoms. The van der Waals surface area contributed by atoms with Crippen LogP contribution >= 0.6 is 39.1 Å². The Hall–Kier alpha value is -3.06. The molecule has 0 aliphatic rings. The van der Waals surface area contributed by atoms with Crippen molar-refractivity contribution in [1.82, 2.24) is 5.43 Å². The number of hydrogen-bond acceptors (Lipinski definition) is 4. The van der Waals surface area contributed by atoms with Gasteiger partial charge in [0.25, 0.3) is 0 Å². The third-order valence-corrected chi connectivity index (χ3v) is 6.53. The number of carbonyl (C=O) groups excluding carboxylic acids is 1. The second-order valence-electron chi connectivity index (χ2n) is 7.90. The Bertz CT molecular complexity index is 1420. The Labute approximate surface area is 228 Å². The van der Waals surface area contributed by atoms with Crippen molar-refractivity contribution in [3.8, 4) is 11.5 Å². The van der Waals surface area contributed by atoms with Gasteiger partial charge in [-0.25, -0.2) is 5.43 Å². The topological polar surface area (TPSA) is 59.9 Å². The van der Waals surface area contributed by atoms with Gasteiger partial charge in [-0.15, -0.1) is 0 Å². The first kappa shape index (κ1) is 26.0. The Balaban J connectivity index is 1.44. The first-order valence-electron chi connectivity index (χ1n) is 11.3. The van der Waals surface area contributed by atoms with E-state index in [0.717, 1.165) is 27.5 Å². The van der Waals surface area contributed by atoms with Gasteiger partial charge in [0.05, 0.1) is 23.7 Å². The summed E-state index contributed by atoms with van der Waals surface area (Å²) >= 11 is 15.8. The van der Waals surface area contributed by atoms with Crippen LogP contribution in [0.1, 0.15) is 23.6 Å². The van der Waals surface area contributed by atoms with E-state index in [2.05, 4.69) is 26.5 Å². The molecule has 0 unspecified atom stereocenters. The normalized spacial score (nSPS) is 11.1. The molecule has 0 aliphatic carbocycles. The van der Waals surface area contributed by atoms with E-state index in [4.69, 9.17) is 32.7 Å². The second kappa shape index (κ2) is 12.3. The summed E-state index contributed by atoms with van der Waals surface area (Å²) in [6, 6.07) is 22.8. The zero-order chi connectivity index (χ0) is 25.5. The molecule has 36 heavy (non-hydrogen) atoms. The molecule has 0 spiro atoms. The van der Waals surface area contributed by atoms with Crippen LogP contribution < -0.4 is 14.9 Å². The molecule has 0 aliphatic heterocycles. The maximum Gasteiger partial charge on any atom is 0.244 e. The quantitative estimate of drug-likeness (QED) is 0.163. The van der Waals surface area contributed by atoms with Gasteiger partial charge in [0.15, 0.2) is 11.5 Å². The number of halogens is 3. The fourth-order valence-corrected chi connectivity index (χ4v) is 4.73. The SMILES string of the molecule is CCOc1cc(/C=N\NC(=O)Cc2cccc3ccccc23)cc(Br)c1OCc1ccc(Cl)cc1Cl. The van der Waals surface area contributed by atoms with Gasteiger partial charge in [-0.3, -0.25) is 4.79 Å². The van der Waals surface area contributed by atoms with Crippen molar-refractivity contribution in [2.24, 2.45) is 5.10 Å². The zero-order valence-electron chi connectivity index (χ0n) is 19.4. The lowest BCUT2D eigenvalue weighted by molar-refractivity contribution is -0.120. The first-order chi connectivity index (χ1) is 17.4. The summed E-state index contributed by atoms with van der Waals surface area (Å²) in [4.78, 5) is 12.5. The van der Waals surface area contributed by atoms with Gasteiger partial charge in [0.1, 0.15) is 6.61 Å². The maximum absolute atomic E-state index is 12.5. The van der Waals surface area contributed by atoms with Crippen LogP contribution in [0.4, 0.5) is 0 Å². The minimum Gasteiger partial charge on any atom is -0.490 e. The minimum absolute atomic E-state index is 0.202. The largest absolute Gasteiger partial charge is 0.490 e. The van der Waals surface area contributed by atoms with Crippen LogP contribution in [0.15, 0.2) is 82.4 Å². The van der Waals surface area contributed by atoms with Gasteiger partial charge in [0.2, 0.25) is 5.91 Å². The fourth-order valence-electron chi connectivity index (χ4n) is 3.69. The number of hydrazone groups is 1. The van der Waals surface area contributed by atoms with Crippen molar-refractivity contribution in [3.63, 3.8) is 0 Å². The zero-order valence-corrected chi connectivity index (χ0v) is 22.5. The summed E-state index contributed by atoms with van der Waals surface area (Å²) in [5, 5.41) is 7.37. The van der Waals surface area contributed by atoms with Gasteiger partial charge < -0.3 is 9.47 Å². The Morgan fingerprint density at radius 2 is 1.81 bits per heavy atom. The van der Waals surface area contributed by atoms with Gasteiger partial charge in [-0.1, -0.05) is 71.7 Å². The lowest BCUT2D eigenvalue weighted by atomic mass is 10.0. The molecule has 4 aromatic rings. The number of nitrogens with zero attached hydrogens (tertiary/aromatic N) is 1. The van der Waals surface area contributed by atoms with E-state index < -0.39 is 0 Å². The predicted octanol–water partition coefficient (Wildman–Crippen LogP) is 7.58. The lowest BCUT2D eigenvalue weighted by Crippen LogP contribution is -2.19. The first-order valence-corrected chi connectivity index (χ1v) is 12.8. The third kappa shape index (κ3) is 6.58. The number of benzene rings is 4. The van der Waals surface area contributed by atoms with E-state index in [1.54, 1.807) is 24.4 Å². The van der Waals surface area contributed by atoms with E-state index in [1.807, 2.05) is 61.5 Å². The predicted molar refractivity (Wildman–Crippen MR) is 149 cm³/mol. The smallest absolute Gasteiger partial charge is 0.244 e. The van der Waals surface area contributed by atoms with Crippen LogP contribution in [0.2, 0.25) is 10.0 Å². The number of hydrogen-bond donors (Lipinski definition) is 1. The monoisotopic (exact) mass is 584 g/mol. The number of nitrogens with one attached hydrogen (secondary N) is 1. The highest BCUT2D eigenvalue weighted by atomic mass is 79.9. The molecule has 0 fully saturated rings. The average molecular weight is 586 g/mol. The number of carbonyl (C=O) groups is 1. The van der Waals surface area contributed by atoms with Gasteiger partial charge in [0, 0.05) is 15.6 Å². The summed E-state index contributed by atoms with van der Waals surface area (Å²) in [5.74, 6) is 0.881. The number of fused-ring (bicyclic) bond motifs is 1. The Morgan fingerprint density at radius 3 is 2.61 bits per heavy atom. The summed E-state index contributed by atoms with van der Waals surface area (Å²) in [6.07, 6.45) is 1.79. The number of amides is 1. The molecule has 1 N–H and O–H groups in total. The van der Waals surface area contributed by atoms with Crippen LogP contribution in [0.25, 0.3) is 10.8 Å². The summed E-state index contributed by atoms with van der Waals surface area (Å²) in [5.41, 5.74) is 5.08. The van der Waals surface area contributed by atoms with E-state index in [0.29, 0.717) is 32.6 Å².